The second kappa shape index (κ2) is 7.38. The van der Waals surface area contributed by atoms with E-state index in [0.29, 0.717) is 21.4 Å². The number of hydrogen-bond donors (Lipinski definition) is 2. The van der Waals surface area contributed by atoms with E-state index in [-0.39, 0.29) is 5.00 Å². The molecule has 9 heteroatoms. The molecule has 0 saturated heterocycles. The van der Waals surface area contributed by atoms with Crippen molar-refractivity contribution in [2.24, 2.45) is 11.7 Å². The Labute approximate surface area is 157 Å². The molecule has 2 aromatic rings. The molecule has 3 N–H and O–H groups in total. The first kappa shape index (κ1) is 18.3. The second-order valence-electron chi connectivity index (χ2n) is 6.18. The van der Waals surface area contributed by atoms with Crippen LogP contribution >= 0.6 is 22.7 Å². The zero-order chi connectivity index (χ0) is 18.8. The Bertz CT molecular complexity index is 913. The van der Waals surface area contributed by atoms with Crippen molar-refractivity contribution in [2.45, 2.75) is 26.2 Å². The van der Waals surface area contributed by atoms with Gasteiger partial charge in [0.05, 0.1) is 10.5 Å². The molecule has 0 spiro atoms. The van der Waals surface area contributed by atoms with Crippen molar-refractivity contribution >= 4 is 50.6 Å². The molecule has 2 aromatic heterocycles. The van der Waals surface area contributed by atoms with E-state index in [1.54, 1.807) is 6.07 Å². The summed E-state index contributed by atoms with van der Waals surface area (Å²) in [7, 11) is 0. The van der Waals surface area contributed by atoms with Crippen molar-refractivity contribution in [1.82, 2.24) is 0 Å². The third kappa shape index (κ3) is 3.83. The fourth-order valence-electron chi connectivity index (χ4n) is 2.94. The highest BCUT2D eigenvalue weighted by Crippen LogP contribution is 2.39. The van der Waals surface area contributed by atoms with Crippen molar-refractivity contribution < 1.29 is 14.5 Å². The van der Waals surface area contributed by atoms with Crippen LogP contribution in [0.5, 0.6) is 0 Å². The van der Waals surface area contributed by atoms with Crippen LogP contribution in [0, 0.1) is 16.0 Å². The molecule has 7 nitrogen and oxygen atoms in total. The summed E-state index contributed by atoms with van der Waals surface area (Å²) < 4.78 is 0. The summed E-state index contributed by atoms with van der Waals surface area (Å²) in [6, 6.07) is 2.97. The predicted octanol–water partition coefficient (Wildman–Crippen LogP) is 3.59. The lowest BCUT2D eigenvalue weighted by Crippen LogP contribution is -2.18. The van der Waals surface area contributed by atoms with Crippen molar-refractivity contribution in [3.05, 3.63) is 49.2 Å². The predicted molar refractivity (Wildman–Crippen MR) is 103 cm³/mol. The summed E-state index contributed by atoms with van der Waals surface area (Å²) in [6.45, 7) is 2.16. The van der Waals surface area contributed by atoms with Gasteiger partial charge in [0.15, 0.2) is 0 Å². The van der Waals surface area contributed by atoms with Crippen LogP contribution in [0.1, 0.15) is 39.0 Å². The summed E-state index contributed by atoms with van der Waals surface area (Å²) in [4.78, 5) is 36.0. The maximum atomic E-state index is 12.2. The molecule has 26 heavy (non-hydrogen) atoms. The fourth-order valence-corrected chi connectivity index (χ4v) is 5.08. The van der Waals surface area contributed by atoms with E-state index in [0.717, 1.165) is 41.0 Å². The SMILES string of the molecule is CC1CCc2c(sc(NC(=O)C=Cc3ccc([N+](=O)[O-])s3)c2C(N)=O)C1. The molecule has 2 heterocycles. The number of rotatable bonds is 5. The Balaban J connectivity index is 1.77. The van der Waals surface area contributed by atoms with E-state index in [2.05, 4.69) is 12.2 Å². The molecule has 1 aliphatic rings. The number of amides is 2. The molecule has 2 amide bonds. The number of primary amides is 1. The Hall–Kier alpha value is -2.52. The molecular formula is C17H17N3O4S2. The van der Waals surface area contributed by atoms with Crippen molar-refractivity contribution in [1.29, 1.82) is 0 Å². The zero-order valence-electron chi connectivity index (χ0n) is 14.0. The second-order valence-corrected chi connectivity index (χ2v) is 8.37. The smallest absolute Gasteiger partial charge is 0.324 e. The molecule has 0 saturated carbocycles. The normalized spacial score (nSPS) is 16.4. The minimum absolute atomic E-state index is 0.0149. The maximum absolute atomic E-state index is 12.2. The van der Waals surface area contributed by atoms with Gasteiger partial charge in [0.25, 0.3) is 5.91 Å². The van der Waals surface area contributed by atoms with E-state index in [9.17, 15) is 19.7 Å². The average molecular weight is 391 g/mol. The quantitative estimate of drug-likeness (QED) is 0.460. The molecule has 1 atom stereocenters. The first-order valence-corrected chi connectivity index (χ1v) is 9.66. The summed E-state index contributed by atoms with van der Waals surface area (Å²) in [5.41, 5.74) is 6.89. The number of thiophene rings is 2. The molecule has 136 valence electrons. The number of nitrogens with zero attached hydrogens (tertiary/aromatic N) is 1. The molecule has 0 fully saturated rings. The van der Waals surface area contributed by atoms with E-state index in [4.69, 9.17) is 5.73 Å². The highest BCUT2D eigenvalue weighted by Gasteiger charge is 2.26. The topological polar surface area (TPSA) is 115 Å². The van der Waals surface area contributed by atoms with Crippen LogP contribution < -0.4 is 11.1 Å². The van der Waals surface area contributed by atoms with Crippen molar-refractivity contribution in [3.63, 3.8) is 0 Å². The number of hydrogen-bond acceptors (Lipinski definition) is 6. The first-order chi connectivity index (χ1) is 12.3. The van der Waals surface area contributed by atoms with E-state index >= 15 is 0 Å². The van der Waals surface area contributed by atoms with Gasteiger partial charge in [0.1, 0.15) is 5.00 Å². The molecule has 1 unspecified atom stereocenters. The van der Waals surface area contributed by atoms with E-state index in [1.807, 2.05) is 0 Å². The summed E-state index contributed by atoms with van der Waals surface area (Å²) in [5.74, 6) is -0.402. The number of nitrogens with two attached hydrogens (primary N) is 1. The highest BCUT2D eigenvalue weighted by molar-refractivity contribution is 7.17. The van der Waals surface area contributed by atoms with Gasteiger partial charge in [0, 0.05) is 21.9 Å². The largest absolute Gasteiger partial charge is 0.365 e. The van der Waals surface area contributed by atoms with Crippen LogP contribution in [0.2, 0.25) is 0 Å². The number of fused-ring (bicyclic) bond motifs is 1. The van der Waals surface area contributed by atoms with Gasteiger partial charge in [-0.2, -0.15) is 0 Å². The van der Waals surface area contributed by atoms with Gasteiger partial charge in [-0.1, -0.05) is 18.3 Å². The Morgan fingerprint density at radius 1 is 1.38 bits per heavy atom. The minimum atomic E-state index is -0.537. The summed E-state index contributed by atoms with van der Waals surface area (Å²) >= 11 is 2.38. The lowest BCUT2D eigenvalue weighted by Gasteiger charge is -2.18. The van der Waals surface area contributed by atoms with E-state index < -0.39 is 16.7 Å². The Morgan fingerprint density at radius 2 is 2.15 bits per heavy atom. The third-order valence-electron chi connectivity index (χ3n) is 4.19. The monoisotopic (exact) mass is 391 g/mol. The van der Waals surface area contributed by atoms with Crippen molar-refractivity contribution in [3.8, 4) is 0 Å². The Kier molecular flexibility index (Phi) is 5.19. The van der Waals surface area contributed by atoms with Gasteiger partial charge in [-0.15, -0.1) is 11.3 Å². The summed E-state index contributed by atoms with van der Waals surface area (Å²) in [6.07, 6.45) is 5.46. The Morgan fingerprint density at radius 3 is 2.81 bits per heavy atom. The molecule has 0 aromatic carbocycles. The average Bonchev–Trinajstić information content (AvgIpc) is 3.16. The molecule has 0 radical (unpaired) electrons. The van der Waals surface area contributed by atoms with Gasteiger partial charge in [-0.05, 0) is 42.9 Å². The molecule has 3 rings (SSSR count). The van der Waals surface area contributed by atoms with Crippen LogP contribution in [-0.4, -0.2) is 16.7 Å². The van der Waals surface area contributed by atoms with Gasteiger partial charge in [-0.25, -0.2) is 0 Å². The molecule has 1 aliphatic carbocycles. The van der Waals surface area contributed by atoms with Crippen LogP contribution in [0.4, 0.5) is 10.0 Å². The van der Waals surface area contributed by atoms with Crippen molar-refractivity contribution in [2.75, 3.05) is 5.32 Å². The van der Waals surface area contributed by atoms with Gasteiger partial charge in [-0.3, -0.25) is 19.7 Å². The first-order valence-electron chi connectivity index (χ1n) is 8.02. The number of carbonyl (C=O) groups is 2. The van der Waals surface area contributed by atoms with Crippen LogP contribution in [0.15, 0.2) is 18.2 Å². The standard InChI is InChI=1S/C17H17N3O4S2/c1-9-2-5-11-12(8-9)26-17(15(11)16(18)22)19-13(21)6-3-10-4-7-14(25-10)20(23)24/h3-4,6-7,9H,2,5,8H2,1H3,(H2,18,22)(H,19,21). The summed E-state index contributed by atoms with van der Waals surface area (Å²) in [5, 5.41) is 13.9. The fraction of sp³-hybridized carbons (Fsp3) is 0.294. The lowest BCUT2D eigenvalue weighted by atomic mass is 9.88. The number of anilines is 1. The zero-order valence-corrected chi connectivity index (χ0v) is 15.6. The van der Waals surface area contributed by atoms with Crippen LogP contribution in [-0.2, 0) is 17.6 Å². The van der Waals surface area contributed by atoms with Gasteiger partial charge in [0.2, 0.25) is 5.91 Å². The highest BCUT2D eigenvalue weighted by atomic mass is 32.1. The molecular weight excluding hydrogens is 374 g/mol. The van der Waals surface area contributed by atoms with Gasteiger partial charge >= 0.3 is 5.00 Å². The van der Waals surface area contributed by atoms with Crippen LogP contribution in [0.3, 0.4) is 0 Å². The third-order valence-corrected chi connectivity index (χ3v) is 6.36. The number of carbonyl (C=O) groups excluding carboxylic acids is 2. The number of nitro groups is 1. The van der Waals surface area contributed by atoms with E-state index in [1.165, 1.54) is 29.6 Å². The molecule has 0 bridgehead atoms. The van der Waals surface area contributed by atoms with Crippen LogP contribution in [0.25, 0.3) is 6.08 Å². The number of nitrogens with one attached hydrogen (secondary N) is 1. The minimum Gasteiger partial charge on any atom is -0.365 e. The maximum Gasteiger partial charge on any atom is 0.324 e. The molecule has 0 aliphatic heterocycles. The van der Waals surface area contributed by atoms with Gasteiger partial charge < -0.3 is 11.1 Å². The lowest BCUT2D eigenvalue weighted by molar-refractivity contribution is -0.380.